The molecule has 2 aromatic carbocycles. The van der Waals surface area contributed by atoms with Gasteiger partial charge in [-0.25, -0.2) is 4.79 Å². The van der Waals surface area contributed by atoms with Crippen LogP contribution in [-0.4, -0.2) is 30.3 Å². The number of hydrogen-bond acceptors (Lipinski definition) is 5. The van der Waals surface area contributed by atoms with Crippen LogP contribution in [0.1, 0.15) is 29.3 Å². The molecule has 2 aliphatic carbocycles. The third-order valence-electron chi connectivity index (χ3n) is 6.84. The van der Waals surface area contributed by atoms with Gasteiger partial charge in [0.15, 0.2) is 6.61 Å². The van der Waals surface area contributed by atoms with E-state index in [-0.39, 0.29) is 41.0 Å². The fourth-order valence-electron chi connectivity index (χ4n) is 5.25. The van der Waals surface area contributed by atoms with Crippen molar-refractivity contribution in [2.45, 2.75) is 19.8 Å². The summed E-state index contributed by atoms with van der Waals surface area (Å²) in [6.07, 6.45) is 5.75. The minimum Gasteiger partial charge on any atom is -0.452 e. The molecule has 1 aliphatic heterocycles. The lowest BCUT2D eigenvalue weighted by Gasteiger charge is -2.17. The predicted octanol–water partition coefficient (Wildman–Crippen LogP) is 3.36. The van der Waals surface area contributed by atoms with Crippen molar-refractivity contribution < 1.29 is 23.9 Å². The summed E-state index contributed by atoms with van der Waals surface area (Å²) in [5.41, 5.74) is 2.37. The summed E-state index contributed by atoms with van der Waals surface area (Å²) in [7, 11) is 0. The molecule has 1 saturated carbocycles. The number of amides is 3. The molecule has 2 fully saturated rings. The number of esters is 1. The molecule has 0 spiro atoms. The lowest BCUT2D eigenvalue weighted by Crippen LogP contribution is -2.32. The molecule has 7 nitrogen and oxygen atoms in total. The van der Waals surface area contributed by atoms with Gasteiger partial charge >= 0.3 is 5.97 Å². The summed E-state index contributed by atoms with van der Waals surface area (Å²) in [6.45, 7) is 1.58. The number of carbonyl (C=O) groups is 4. The van der Waals surface area contributed by atoms with Gasteiger partial charge in [0.1, 0.15) is 0 Å². The highest BCUT2D eigenvalue weighted by molar-refractivity contribution is 6.22. The van der Waals surface area contributed by atoms with Crippen LogP contribution in [-0.2, 0) is 25.5 Å². The molecule has 2 bridgehead atoms. The highest BCUT2D eigenvalue weighted by Gasteiger charge is 2.59. The first kappa shape index (κ1) is 21.1. The van der Waals surface area contributed by atoms with Crippen molar-refractivity contribution in [3.63, 3.8) is 0 Å². The van der Waals surface area contributed by atoms with Crippen molar-refractivity contribution in [3.8, 4) is 0 Å². The highest BCUT2D eigenvalue weighted by atomic mass is 16.5. The molecule has 168 valence electrons. The second-order valence-electron chi connectivity index (χ2n) is 8.69. The van der Waals surface area contributed by atoms with E-state index < -0.39 is 18.5 Å². The number of anilines is 2. The number of nitrogens with zero attached hydrogens (tertiary/aromatic N) is 1. The molecule has 0 aromatic heterocycles. The lowest BCUT2D eigenvalue weighted by molar-refractivity contribution is -0.123. The molecule has 33 heavy (non-hydrogen) atoms. The third kappa shape index (κ3) is 3.63. The highest BCUT2D eigenvalue weighted by Crippen LogP contribution is 2.53. The topological polar surface area (TPSA) is 92.8 Å². The molecule has 4 atom stereocenters. The van der Waals surface area contributed by atoms with E-state index in [1.807, 2.05) is 25.1 Å². The summed E-state index contributed by atoms with van der Waals surface area (Å²) in [4.78, 5) is 51.7. The fraction of sp³-hybridized carbons (Fsp3) is 0.308. The first-order chi connectivity index (χ1) is 16.0. The van der Waals surface area contributed by atoms with E-state index in [2.05, 4.69) is 17.5 Å². The average Bonchev–Trinajstić information content (AvgIpc) is 3.51. The van der Waals surface area contributed by atoms with Crippen molar-refractivity contribution in [1.29, 1.82) is 0 Å². The minimum absolute atomic E-state index is 0.145. The number of imide groups is 1. The van der Waals surface area contributed by atoms with Crippen LogP contribution in [0, 0.1) is 23.7 Å². The summed E-state index contributed by atoms with van der Waals surface area (Å²) < 4.78 is 5.13. The maximum atomic E-state index is 12.9. The van der Waals surface area contributed by atoms with Gasteiger partial charge in [-0.05, 0) is 60.6 Å². The van der Waals surface area contributed by atoms with Crippen molar-refractivity contribution in [3.05, 3.63) is 71.8 Å². The summed E-state index contributed by atoms with van der Waals surface area (Å²) in [5.74, 6) is -1.66. The van der Waals surface area contributed by atoms with Crippen LogP contribution in [0.15, 0.2) is 60.7 Å². The van der Waals surface area contributed by atoms with Gasteiger partial charge in [-0.15, -0.1) is 0 Å². The molecule has 1 heterocycles. The lowest BCUT2D eigenvalue weighted by atomic mass is 9.85. The Morgan fingerprint density at radius 2 is 1.61 bits per heavy atom. The van der Waals surface area contributed by atoms with Gasteiger partial charge in [0.2, 0.25) is 11.8 Å². The zero-order valence-electron chi connectivity index (χ0n) is 18.2. The molecular formula is C26H24N2O5. The van der Waals surface area contributed by atoms with Gasteiger partial charge < -0.3 is 10.1 Å². The van der Waals surface area contributed by atoms with Crippen LogP contribution in [0.3, 0.4) is 0 Å². The van der Waals surface area contributed by atoms with E-state index in [1.165, 1.54) is 17.0 Å². The van der Waals surface area contributed by atoms with Crippen LogP contribution < -0.4 is 10.2 Å². The van der Waals surface area contributed by atoms with E-state index >= 15 is 0 Å². The number of carbonyl (C=O) groups excluding carboxylic acids is 4. The number of fused-ring (bicyclic) bond motifs is 5. The predicted molar refractivity (Wildman–Crippen MR) is 121 cm³/mol. The Hall–Kier alpha value is -3.74. The Bertz CT molecular complexity index is 1140. The Morgan fingerprint density at radius 3 is 2.24 bits per heavy atom. The molecule has 7 heteroatoms. The zero-order valence-corrected chi connectivity index (χ0v) is 18.2. The minimum atomic E-state index is -0.654. The normalized spacial score (nSPS) is 24.8. The number of hydrogen-bond donors (Lipinski definition) is 1. The number of rotatable bonds is 6. The van der Waals surface area contributed by atoms with Gasteiger partial charge in [-0.1, -0.05) is 37.3 Å². The van der Waals surface area contributed by atoms with Crippen LogP contribution in [0.5, 0.6) is 0 Å². The van der Waals surface area contributed by atoms with Gasteiger partial charge in [0.25, 0.3) is 5.91 Å². The van der Waals surface area contributed by atoms with E-state index in [0.717, 1.165) is 18.4 Å². The fourth-order valence-corrected chi connectivity index (χ4v) is 5.25. The monoisotopic (exact) mass is 444 g/mol. The first-order valence-corrected chi connectivity index (χ1v) is 11.2. The van der Waals surface area contributed by atoms with Crippen molar-refractivity contribution in [2.75, 3.05) is 16.8 Å². The summed E-state index contributed by atoms with van der Waals surface area (Å²) in [6, 6.07) is 13.6. The first-order valence-electron chi connectivity index (χ1n) is 11.2. The Morgan fingerprint density at radius 1 is 0.970 bits per heavy atom. The quantitative estimate of drug-likeness (QED) is 0.419. The van der Waals surface area contributed by atoms with Crippen LogP contribution >= 0.6 is 0 Å². The molecule has 0 unspecified atom stereocenters. The number of nitrogens with one attached hydrogen (secondary N) is 1. The summed E-state index contributed by atoms with van der Waals surface area (Å²) >= 11 is 0. The van der Waals surface area contributed by atoms with Gasteiger partial charge in [-0.3, -0.25) is 19.3 Å². The standard InChI is InChI=1S/C26H24N2O5/c1-2-15-5-3-4-6-20(15)27-21(29)14-33-26(32)16-9-11-19(12-10-16)28-24(30)22-17-7-8-18(13-17)23(22)25(28)31/h3-12,17-18,22-23H,2,13-14H2,1H3,(H,27,29)/t17-,18-,22-,23+/m0/s1. The van der Waals surface area contributed by atoms with Gasteiger partial charge in [-0.2, -0.15) is 0 Å². The van der Waals surface area contributed by atoms with Crippen LogP contribution in [0.25, 0.3) is 0 Å². The molecular weight excluding hydrogens is 420 g/mol. The van der Waals surface area contributed by atoms with E-state index in [9.17, 15) is 19.2 Å². The number of allylic oxidation sites excluding steroid dienone is 2. The molecule has 0 radical (unpaired) electrons. The number of aryl methyl sites for hydroxylation is 1. The maximum Gasteiger partial charge on any atom is 0.338 e. The van der Waals surface area contributed by atoms with Crippen LogP contribution in [0.2, 0.25) is 0 Å². The van der Waals surface area contributed by atoms with Gasteiger partial charge in [0, 0.05) is 5.69 Å². The number of ether oxygens (including phenoxy) is 1. The molecule has 1 N–H and O–H groups in total. The SMILES string of the molecule is CCc1ccccc1NC(=O)COC(=O)c1ccc(N2C(=O)[C@@H]3[C@H](C2=O)[C@H]2C=C[C@H]3C2)cc1. The molecule has 5 rings (SSSR count). The molecule has 2 aromatic rings. The van der Waals surface area contributed by atoms with E-state index in [1.54, 1.807) is 18.2 Å². The molecule has 1 saturated heterocycles. The van der Waals surface area contributed by atoms with Crippen molar-refractivity contribution in [2.24, 2.45) is 23.7 Å². The van der Waals surface area contributed by atoms with Crippen molar-refractivity contribution in [1.82, 2.24) is 0 Å². The molecule has 3 aliphatic rings. The second kappa shape index (κ2) is 8.31. The van der Waals surface area contributed by atoms with Crippen LogP contribution in [0.4, 0.5) is 11.4 Å². The smallest absolute Gasteiger partial charge is 0.338 e. The maximum absolute atomic E-state index is 12.9. The van der Waals surface area contributed by atoms with E-state index in [0.29, 0.717) is 11.4 Å². The summed E-state index contributed by atoms with van der Waals surface area (Å²) in [5, 5.41) is 2.75. The van der Waals surface area contributed by atoms with Crippen molar-refractivity contribution >= 4 is 35.1 Å². The number of para-hydroxylation sites is 1. The van der Waals surface area contributed by atoms with E-state index in [4.69, 9.17) is 4.74 Å². The number of benzene rings is 2. The Labute approximate surface area is 191 Å². The zero-order chi connectivity index (χ0) is 23.1. The third-order valence-corrected chi connectivity index (χ3v) is 6.84. The molecule has 3 amide bonds. The Balaban J connectivity index is 1.20. The van der Waals surface area contributed by atoms with Gasteiger partial charge in [0.05, 0.1) is 23.1 Å². The Kier molecular flexibility index (Phi) is 5.32. The second-order valence-corrected chi connectivity index (χ2v) is 8.69. The largest absolute Gasteiger partial charge is 0.452 e. The average molecular weight is 444 g/mol.